The number of anilines is 1. The number of rotatable bonds is 3. The highest BCUT2D eigenvalue weighted by Crippen LogP contribution is 2.29. The number of carbonyl (C=O) groups is 1. The first-order valence-corrected chi connectivity index (χ1v) is 6.44. The predicted octanol–water partition coefficient (Wildman–Crippen LogP) is 2.73. The molecular weight excluding hydrogens is 286 g/mol. The summed E-state index contributed by atoms with van der Waals surface area (Å²) in [7, 11) is 0. The van der Waals surface area contributed by atoms with Gasteiger partial charge in [0, 0.05) is 10.9 Å². The van der Waals surface area contributed by atoms with Gasteiger partial charge in [-0.3, -0.25) is 4.79 Å². The zero-order valence-corrected chi connectivity index (χ0v) is 12.5. The number of nitrogens with zero attached hydrogens (tertiary/aromatic N) is 1. The number of halogens is 1. The second-order valence-corrected chi connectivity index (χ2v) is 5.00. The summed E-state index contributed by atoms with van der Waals surface area (Å²) in [4.78, 5) is 15.8. The first-order chi connectivity index (χ1) is 8.47. The summed E-state index contributed by atoms with van der Waals surface area (Å²) in [5.74, 6) is 1.43. The smallest absolute Gasteiger partial charge is 0.242 e. The molecule has 5 nitrogen and oxygen atoms in total. The Bertz CT molecular complexity index is 577. The monoisotopic (exact) mass is 301 g/mol. The van der Waals surface area contributed by atoms with Crippen molar-refractivity contribution < 1.29 is 9.21 Å². The Morgan fingerprint density at radius 1 is 1.53 bits per heavy atom. The number of hydrogen-bond donors (Lipinski definition) is 2. The third kappa shape index (κ3) is 3.56. The SMILES string of the molecule is Cc1cc(-c2csc(NC(=O)[C@@H](C)N)n2)c(C)o1.Cl. The first-order valence-electron chi connectivity index (χ1n) is 5.56. The van der Waals surface area contributed by atoms with E-state index in [1.54, 1.807) is 6.92 Å². The van der Waals surface area contributed by atoms with E-state index < -0.39 is 6.04 Å². The van der Waals surface area contributed by atoms with E-state index in [9.17, 15) is 4.79 Å². The Balaban J connectivity index is 0.00000180. The third-order valence-electron chi connectivity index (χ3n) is 2.46. The number of aryl methyl sites for hydroxylation is 2. The van der Waals surface area contributed by atoms with Crippen molar-refractivity contribution in [1.29, 1.82) is 0 Å². The highest BCUT2D eigenvalue weighted by molar-refractivity contribution is 7.14. The van der Waals surface area contributed by atoms with E-state index >= 15 is 0 Å². The van der Waals surface area contributed by atoms with Crippen LogP contribution < -0.4 is 11.1 Å². The molecule has 19 heavy (non-hydrogen) atoms. The molecule has 7 heteroatoms. The van der Waals surface area contributed by atoms with Gasteiger partial charge >= 0.3 is 0 Å². The Morgan fingerprint density at radius 3 is 2.74 bits per heavy atom. The Hall–Kier alpha value is -1.37. The lowest BCUT2D eigenvalue weighted by molar-refractivity contribution is -0.117. The maximum absolute atomic E-state index is 11.4. The summed E-state index contributed by atoms with van der Waals surface area (Å²) in [6, 6.07) is 1.39. The fourth-order valence-corrected chi connectivity index (χ4v) is 2.27. The second kappa shape index (κ2) is 6.18. The molecule has 0 aromatic carbocycles. The summed E-state index contributed by atoms with van der Waals surface area (Å²) in [5.41, 5.74) is 7.23. The van der Waals surface area contributed by atoms with Crippen molar-refractivity contribution >= 4 is 34.8 Å². The van der Waals surface area contributed by atoms with Gasteiger partial charge in [-0.2, -0.15) is 0 Å². The van der Waals surface area contributed by atoms with E-state index in [1.807, 2.05) is 25.3 Å². The molecule has 0 spiro atoms. The Labute approximate surface area is 121 Å². The first kappa shape index (κ1) is 15.7. The van der Waals surface area contributed by atoms with Gasteiger partial charge in [0.1, 0.15) is 11.5 Å². The summed E-state index contributed by atoms with van der Waals surface area (Å²) >= 11 is 1.37. The van der Waals surface area contributed by atoms with Crippen LogP contribution >= 0.6 is 23.7 Å². The molecule has 0 fully saturated rings. The number of hydrogen-bond acceptors (Lipinski definition) is 5. The van der Waals surface area contributed by atoms with Crippen LogP contribution in [0.5, 0.6) is 0 Å². The van der Waals surface area contributed by atoms with E-state index in [4.69, 9.17) is 10.2 Å². The van der Waals surface area contributed by atoms with Gasteiger partial charge in [-0.1, -0.05) is 0 Å². The van der Waals surface area contributed by atoms with Crippen molar-refractivity contribution in [1.82, 2.24) is 4.98 Å². The van der Waals surface area contributed by atoms with Crippen molar-refractivity contribution in [2.24, 2.45) is 5.73 Å². The van der Waals surface area contributed by atoms with Crippen molar-refractivity contribution in [2.75, 3.05) is 5.32 Å². The number of nitrogens with one attached hydrogen (secondary N) is 1. The molecule has 1 amide bonds. The maximum atomic E-state index is 11.4. The molecule has 1 atom stereocenters. The number of carbonyl (C=O) groups excluding carboxylic acids is 1. The van der Waals surface area contributed by atoms with Crippen molar-refractivity contribution in [3.05, 3.63) is 23.0 Å². The lowest BCUT2D eigenvalue weighted by atomic mass is 10.2. The minimum Gasteiger partial charge on any atom is -0.466 e. The largest absolute Gasteiger partial charge is 0.466 e. The van der Waals surface area contributed by atoms with Crippen LogP contribution in [0.25, 0.3) is 11.3 Å². The van der Waals surface area contributed by atoms with Gasteiger partial charge in [-0.25, -0.2) is 4.98 Å². The average molecular weight is 302 g/mol. The van der Waals surface area contributed by atoms with E-state index in [1.165, 1.54) is 11.3 Å². The van der Waals surface area contributed by atoms with Gasteiger partial charge < -0.3 is 15.5 Å². The molecule has 0 aliphatic carbocycles. The molecule has 0 unspecified atom stereocenters. The lowest BCUT2D eigenvalue weighted by Gasteiger charge is -2.03. The number of furan rings is 1. The van der Waals surface area contributed by atoms with Crippen LogP contribution in [-0.2, 0) is 4.79 Å². The quantitative estimate of drug-likeness (QED) is 0.913. The normalized spacial score (nSPS) is 11.8. The summed E-state index contributed by atoms with van der Waals surface area (Å²) in [6.45, 7) is 5.41. The fourth-order valence-electron chi connectivity index (χ4n) is 1.56. The highest BCUT2D eigenvalue weighted by Gasteiger charge is 2.13. The third-order valence-corrected chi connectivity index (χ3v) is 3.22. The molecule has 0 bridgehead atoms. The van der Waals surface area contributed by atoms with Crippen LogP contribution in [0.2, 0.25) is 0 Å². The van der Waals surface area contributed by atoms with Gasteiger partial charge in [0.05, 0.1) is 11.7 Å². The molecular formula is C12H16ClN3O2S. The second-order valence-electron chi connectivity index (χ2n) is 4.14. The van der Waals surface area contributed by atoms with Gasteiger partial charge in [0.2, 0.25) is 5.91 Å². The molecule has 0 aliphatic heterocycles. The molecule has 0 aliphatic rings. The van der Waals surface area contributed by atoms with Crippen LogP contribution in [0, 0.1) is 13.8 Å². The van der Waals surface area contributed by atoms with Gasteiger partial charge in [0.15, 0.2) is 5.13 Å². The van der Waals surface area contributed by atoms with Crippen LogP contribution in [0.3, 0.4) is 0 Å². The fraction of sp³-hybridized carbons (Fsp3) is 0.333. The predicted molar refractivity (Wildman–Crippen MR) is 78.8 cm³/mol. The molecule has 0 saturated heterocycles. The number of aromatic nitrogens is 1. The van der Waals surface area contributed by atoms with Crippen molar-refractivity contribution in [2.45, 2.75) is 26.8 Å². The molecule has 3 N–H and O–H groups in total. The molecule has 2 heterocycles. The van der Waals surface area contributed by atoms with E-state index in [2.05, 4.69) is 10.3 Å². The zero-order valence-electron chi connectivity index (χ0n) is 10.9. The van der Waals surface area contributed by atoms with Crippen molar-refractivity contribution in [3.63, 3.8) is 0 Å². The topological polar surface area (TPSA) is 81.2 Å². The van der Waals surface area contributed by atoms with Crippen LogP contribution in [-0.4, -0.2) is 16.9 Å². The van der Waals surface area contributed by atoms with Crippen LogP contribution in [0.15, 0.2) is 15.9 Å². The molecule has 104 valence electrons. The lowest BCUT2D eigenvalue weighted by Crippen LogP contribution is -2.32. The van der Waals surface area contributed by atoms with E-state index in [0.717, 1.165) is 22.8 Å². The summed E-state index contributed by atoms with van der Waals surface area (Å²) in [5, 5.41) is 5.10. The highest BCUT2D eigenvalue weighted by atomic mass is 35.5. The van der Waals surface area contributed by atoms with Gasteiger partial charge in [-0.05, 0) is 26.8 Å². The van der Waals surface area contributed by atoms with E-state index in [-0.39, 0.29) is 18.3 Å². The Morgan fingerprint density at radius 2 is 2.21 bits per heavy atom. The van der Waals surface area contributed by atoms with Crippen molar-refractivity contribution in [3.8, 4) is 11.3 Å². The molecule has 2 aromatic heterocycles. The molecule has 0 saturated carbocycles. The zero-order chi connectivity index (χ0) is 13.3. The molecule has 2 aromatic rings. The number of thiazole rings is 1. The van der Waals surface area contributed by atoms with Crippen LogP contribution in [0.1, 0.15) is 18.4 Å². The molecule has 2 rings (SSSR count). The van der Waals surface area contributed by atoms with Gasteiger partial charge in [-0.15, -0.1) is 23.7 Å². The minimum absolute atomic E-state index is 0. The standard InChI is InChI=1S/C12H15N3O2S.ClH/c1-6-4-9(8(3)17-6)10-5-18-12(14-10)15-11(16)7(2)13;/h4-5,7H,13H2,1-3H3,(H,14,15,16);1H/t7-;/m1./s1. The number of amides is 1. The van der Waals surface area contributed by atoms with E-state index in [0.29, 0.717) is 5.13 Å². The summed E-state index contributed by atoms with van der Waals surface area (Å²) < 4.78 is 5.45. The van der Waals surface area contributed by atoms with Gasteiger partial charge in [0.25, 0.3) is 0 Å². The summed E-state index contributed by atoms with van der Waals surface area (Å²) in [6.07, 6.45) is 0. The minimum atomic E-state index is -0.546. The maximum Gasteiger partial charge on any atom is 0.242 e. The Kier molecular flexibility index (Phi) is 5.11. The average Bonchev–Trinajstić information content (AvgIpc) is 2.85. The van der Waals surface area contributed by atoms with Crippen LogP contribution in [0.4, 0.5) is 5.13 Å². The number of nitrogens with two attached hydrogens (primary N) is 1. The molecule has 0 radical (unpaired) electrons.